The van der Waals surface area contributed by atoms with Crippen molar-refractivity contribution in [3.63, 3.8) is 0 Å². The molecule has 20 heavy (non-hydrogen) atoms. The molecule has 2 heterocycles. The van der Waals surface area contributed by atoms with Crippen molar-refractivity contribution in [1.82, 2.24) is 8.61 Å². The number of hydrogen-bond acceptors (Lipinski definition) is 2. The van der Waals surface area contributed by atoms with E-state index < -0.39 is 10.2 Å². The topological polar surface area (TPSA) is 40.6 Å². The molecule has 6 heteroatoms. The van der Waals surface area contributed by atoms with Gasteiger partial charge in [0.05, 0.1) is 0 Å². The molecule has 0 aromatic rings. The summed E-state index contributed by atoms with van der Waals surface area (Å²) >= 11 is 5.96. The second kappa shape index (κ2) is 6.51. The molecule has 0 N–H and O–H groups in total. The first kappa shape index (κ1) is 16.5. The third-order valence-electron chi connectivity index (χ3n) is 5.16. The highest BCUT2D eigenvalue weighted by molar-refractivity contribution is 7.86. The van der Waals surface area contributed by atoms with Crippen LogP contribution in [0, 0.1) is 5.41 Å². The van der Waals surface area contributed by atoms with Crippen molar-refractivity contribution in [3.8, 4) is 0 Å². The zero-order valence-electron chi connectivity index (χ0n) is 12.6. The van der Waals surface area contributed by atoms with Gasteiger partial charge in [-0.05, 0) is 31.1 Å². The number of hydrogen-bond donors (Lipinski definition) is 0. The van der Waals surface area contributed by atoms with Crippen molar-refractivity contribution in [2.24, 2.45) is 5.41 Å². The fraction of sp³-hybridized carbons (Fsp3) is 1.00. The van der Waals surface area contributed by atoms with Gasteiger partial charge in [0, 0.05) is 31.6 Å². The van der Waals surface area contributed by atoms with Gasteiger partial charge in [-0.25, -0.2) is 0 Å². The predicted octanol–water partition coefficient (Wildman–Crippen LogP) is 2.84. The van der Waals surface area contributed by atoms with E-state index in [1.54, 1.807) is 8.61 Å². The summed E-state index contributed by atoms with van der Waals surface area (Å²) in [5.41, 5.74) is 0.305. The fourth-order valence-electron chi connectivity index (χ4n) is 3.19. The number of nitrogens with zero attached hydrogens (tertiary/aromatic N) is 2. The Morgan fingerprint density at radius 1 is 1.20 bits per heavy atom. The van der Waals surface area contributed by atoms with Crippen LogP contribution in [0.3, 0.4) is 0 Å². The van der Waals surface area contributed by atoms with E-state index >= 15 is 0 Å². The van der Waals surface area contributed by atoms with Gasteiger partial charge in [0.1, 0.15) is 0 Å². The molecule has 4 nitrogen and oxygen atoms in total. The van der Waals surface area contributed by atoms with Gasteiger partial charge < -0.3 is 0 Å². The molecule has 1 unspecified atom stereocenters. The van der Waals surface area contributed by atoms with Gasteiger partial charge in [0.15, 0.2) is 0 Å². The minimum Gasteiger partial charge on any atom is -0.195 e. The van der Waals surface area contributed by atoms with E-state index in [-0.39, 0.29) is 6.04 Å². The van der Waals surface area contributed by atoms with E-state index in [4.69, 9.17) is 11.6 Å². The van der Waals surface area contributed by atoms with E-state index in [0.717, 1.165) is 38.5 Å². The Labute approximate surface area is 128 Å². The smallest absolute Gasteiger partial charge is 0.195 e. The Morgan fingerprint density at radius 2 is 1.85 bits per heavy atom. The van der Waals surface area contributed by atoms with Gasteiger partial charge in [-0.1, -0.05) is 26.7 Å². The summed E-state index contributed by atoms with van der Waals surface area (Å²) in [4.78, 5) is 0. The van der Waals surface area contributed by atoms with Crippen molar-refractivity contribution in [3.05, 3.63) is 0 Å². The Balaban J connectivity index is 2.07. The second-order valence-corrected chi connectivity index (χ2v) is 8.68. The van der Waals surface area contributed by atoms with Crippen molar-refractivity contribution >= 4 is 21.8 Å². The molecule has 118 valence electrons. The molecule has 0 radical (unpaired) electrons. The average molecular weight is 323 g/mol. The molecule has 0 aromatic carbocycles. The summed E-state index contributed by atoms with van der Waals surface area (Å²) in [5.74, 6) is 0.403. The number of piperidine rings is 2. The van der Waals surface area contributed by atoms with Crippen LogP contribution in [0.2, 0.25) is 0 Å². The summed E-state index contributed by atoms with van der Waals surface area (Å²) < 4.78 is 28.9. The predicted molar refractivity (Wildman–Crippen MR) is 83.2 cm³/mol. The summed E-state index contributed by atoms with van der Waals surface area (Å²) in [6, 6.07) is -0.0186. The lowest BCUT2D eigenvalue weighted by molar-refractivity contribution is 0.156. The lowest BCUT2D eigenvalue weighted by Crippen LogP contribution is -2.53. The zero-order chi connectivity index (χ0) is 14.8. The largest absolute Gasteiger partial charge is 0.282 e. The van der Waals surface area contributed by atoms with Crippen LogP contribution in [0.1, 0.15) is 52.4 Å². The third-order valence-corrected chi connectivity index (χ3v) is 7.60. The summed E-state index contributed by atoms with van der Waals surface area (Å²) in [6.45, 7) is 6.38. The van der Waals surface area contributed by atoms with Crippen LogP contribution in [0.15, 0.2) is 0 Å². The first-order valence-corrected chi connectivity index (χ1v) is 9.69. The maximum absolute atomic E-state index is 12.8. The van der Waals surface area contributed by atoms with Crippen LogP contribution in [-0.2, 0) is 10.2 Å². The summed E-state index contributed by atoms with van der Waals surface area (Å²) in [5, 5.41) is 0. The molecule has 0 saturated carbocycles. The molecule has 2 aliphatic rings. The van der Waals surface area contributed by atoms with Gasteiger partial charge in [0.25, 0.3) is 10.2 Å². The van der Waals surface area contributed by atoms with Crippen LogP contribution in [0.4, 0.5) is 0 Å². The lowest BCUT2D eigenvalue weighted by Gasteiger charge is -2.42. The SMILES string of the molecule is CCC1(C)CCN(S(=O)(=O)N2CCCCC2CCl)CC1. The van der Waals surface area contributed by atoms with Crippen molar-refractivity contribution < 1.29 is 8.42 Å². The highest BCUT2D eigenvalue weighted by Gasteiger charge is 2.39. The van der Waals surface area contributed by atoms with Crippen LogP contribution in [0.5, 0.6) is 0 Å². The van der Waals surface area contributed by atoms with E-state index in [2.05, 4.69) is 13.8 Å². The van der Waals surface area contributed by atoms with E-state index in [1.807, 2.05) is 0 Å². The van der Waals surface area contributed by atoms with Crippen molar-refractivity contribution in [2.45, 2.75) is 58.4 Å². The van der Waals surface area contributed by atoms with Gasteiger partial charge >= 0.3 is 0 Å². The molecule has 0 aromatic heterocycles. The molecular weight excluding hydrogens is 296 g/mol. The van der Waals surface area contributed by atoms with E-state index in [1.165, 1.54) is 0 Å². The molecule has 2 fully saturated rings. The average Bonchev–Trinajstić information content (AvgIpc) is 2.47. The monoisotopic (exact) mass is 322 g/mol. The maximum Gasteiger partial charge on any atom is 0.282 e. The number of rotatable bonds is 4. The maximum atomic E-state index is 12.8. The molecule has 0 bridgehead atoms. The molecule has 0 spiro atoms. The Morgan fingerprint density at radius 3 is 2.40 bits per heavy atom. The lowest BCUT2D eigenvalue weighted by atomic mass is 9.79. The Hall–Kier alpha value is 0.160. The van der Waals surface area contributed by atoms with E-state index in [9.17, 15) is 8.42 Å². The fourth-order valence-corrected chi connectivity index (χ4v) is 5.45. The molecule has 0 amide bonds. The molecule has 2 aliphatic heterocycles. The van der Waals surface area contributed by atoms with Crippen LogP contribution < -0.4 is 0 Å². The second-order valence-electron chi connectivity index (χ2n) is 6.49. The highest BCUT2D eigenvalue weighted by atomic mass is 35.5. The number of halogens is 1. The molecule has 1 atom stereocenters. The third kappa shape index (κ3) is 3.32. The van der Waals surface area contributed by atoms with Crippen LogP contribution in [0.25, 0.3) is 0 Å². The summed E-state index contributed by atoms with van der Waals surface area (Å²) in [7, 11) is -3.32. The minimum absolute atomic E-state index is 0.0186. The first-order valence-electron chi connectivity index (χ1n) is 7.76. The van der Waals surface area contributed by atoms with Gasteiger partial charge in [-0.2, -0.15) is 17.0 Å². The normalized spacial score (nSPS) is 29.4. The minimum atomic E-state index is -3.32. The molecule has 0 aliphatic carbocycles. The highest BCUT2D eigenvalue weighted by Crippen LogP contribution is 2.36. The van der Waals surface area contributed by atoms with Crippen molar-refractivity contribution in [1.29, 1.82) is 0 Å². The van der Waals surface area contributed by atoms with Crippen molar-refractivity contribution in [2.75, 3.05) is 25.5 Å². The Bertz CT molecular complexity index is 419. The first-order chi connectivity index (χ1) is 9.43. The van der Waals surface area contributed by atoms with Gasteiger partial charge in [-0.15, -0.1) is 11.6 Å². The quantitative estimate of drug-likeness (QED) is 0.747. The van der Waals surface area contributed by atoms with Crippen LogP contribution in [-0.4, -0.2) is 48.6 Å². The summed E-state index contributed by atoms with van der Waals surface area (Å²) in [6.07, 6.45) is 5.97. The van der Waals surface area contributed by atoms with Gasteiger partial charge in [-0.3, -0.25) is 0 Å². The van der Waals surface area contributed by atoms with Gasteiger partial charge in [0.2, 0.25) is 0 Å². The zero-order valence-corrected chi connectivity index (χ0v) is 14.2. The van der Waals surface area contributed by atoms with Crippen LogP contribution >= 0.6 is 11.6 Å². The molecule has 2 saturated heterocycles. The van der Waals surface area contributed by atoms with E-state index in [0.29, 0.717) is 30.9 Å². The Kier molecular flexibility index (Phi) is 5.38. The molecular formula is C14H27ClN2O2S. The number of alkyl halides is 1. The molecule has 2 rings (SSSR count). The standard InChI is InChI=1S/C14H27ClN2O2S/c1-3-14(2)7-10-16(11-8-14)20(18,19)17-9-5-4-6-13(17)12-15/h13H,3-12H2,1-2H3.